The van der Waals surface area contributed by atoms with Crippen LogP contribution in [0.4, 0.5) is 11.6 Å². The van der Waals surface area contributed by atoms with E-state index in [0.717, 1.165) is 17.0 Å². The van der Waals surface area contributed by atoms with Crippen LogP contribution in [0.3, 0.4) is 0 Å². The molecule has 0 aliphatic carbocycles. The Morgan fingerprint density at radius 2 is 2.24 bits per heavy atom. The van der Waals surface area contributed by atoms with E-state index in [0.29, 0.717) is 22.4 Å². The maximum atomic E-state index is 10.9. The Kier molecular flexibility index (Phi) is 3.56. The summed E-state index contributed by atoms with van der Waals surface area (Å²) < 4.78 is 0. The van der Waals surface area contributed by atoms with Gasteiger partial charge in [-0.25, -0.2) is 4.98 Å². The molecule has 2 aromatic heterocycles. The van der Waals surface area contributed by atoms with E-state index in [1.54, 1.807) is 5.38 Å². The maximum Gasteiger partial charge on any atom is 0.304 e. The van der Waals surface area contributed by atoms with Gasteiger partial charge in [0.25, 0.3) is 0 Å². The normalized spacial score (nSPS) is 10.5. The van der Waals surface area contributed by atoms with E-state index in [2.05, 4.69) is 15.3 Å². The van der Waals surface area contributed by atoms with Crippen LogP contribution in [0.25, 0.3) is 0 Å². The lowest BCUT2D eigenvalue weighted by atomic mass is 10.4. The molecule has 0 spiro atoms. The predicted molar refractivity (Wildman–Crippen MR) is 70.9 cm³/mol. The van der Waals surface area contributed by atoms with Crippen LogP contribution >= 0.6 is 34.5 Å². The van der Waals surface area contributed by atoms with Crippen LogP contribution in [0.5, 0.6) is 0 Å². The summed E-state index contributed by atoms with van der Waals surface area (Å²) in [6, 6.07) is 1.52. The predicted octanol–water partition coefficient (Wildman–Crippen LogP) is 2.33. The second-order valence-corrected chi connectivity index (χ2v) is 4.87. The lowest BCUT2D eigenvalue weighted by molar-refractivity contribution is 1.04. The van der Waals surface area contributed by atoms with E-state index >= 15 is 0 Å². The van der Waals surface area contributed by atoms with E-state index in [1.807, 2.05) is 0 Å². The van der Waals surface area contributed by atoms with Crippen molar-refractivity contribution in [2.45, 2.75) is 6.54 Å². The van der Waals surface area contributed by atoms with Gasteiger partial charge in [0.2, 0.25) is 0 Å². The Labute approximate surface area is 111 Å². The van der Waals surface area contributed by atoms with Crippen LogP contribution in [0.2, 0.25) is 10.0 Å². The van der Waals surface area contributed by atoms with Crippen LogP contribution in [-0.4, -0.2) is 9.97 Å². The molecule has 0 saturated heterocycles. The first-order valence-corrected chi connectivity index (χ1v) is 6.22. The molecule has 0 radical (unpaired) electrons. The van der Waals surface area contributed by atoms with Gasteiger partial charge in [0.1, 0.15) is 11.6 Å². The molecule has 0 atom stereocenters. The minimum Gasteiger partial charge on any atom is -0.382 e. The summed E-state index contributed by atoms with van der Waals surface area (Å²) in [5, 5.41) is 5.38. The minimum atomic E-state index is -0.100. The quantitative estimate of drug-likeness (QED) is 0.810. The van der Waals surface area contributed by atoms with E-state index in [9.17, 15) is 4.79 Å². The Bertz CT molecular complexity index is 595. The standard InChI is InChI=1S/C9H8Cl2N4OS/c10-5-1-6(11)8(15-7(5)12)13-2-4-3-17-9(16)14-4/h1,3H,2H2,(H,14,16)(H3,12,13,15). The van der Waals surface area contributed by atoms with Crippen molar-refractivity contribution in [1.82, 2.24) is 9.97 Å². The van der Waals surface area contributed by atoms with E-state index in [1.165, 1.54) is 6.07 Å². The molecule has 0 bridgehead atoms. The largest absolute Gasteiger partial charge is 0.382 e. The molecule has 0 amide bonds. The summed E-state index contributed by atoms with van der Waals surface area (Å²) in [5.41, 5.74) is 6.32. The van der Waals surface area contributed by atoms with Gasteiger partial charge >= 0.3 is 4.87 Å². The van der Waals surface area contributed by atoms with Crippen LogP contribution in [0, 0.1) is 0 Å². The van der Waals surface area contributed by atoms with Gasteiger partial charge in [-0.2, -0.15) is 0 Å². The molecular weight excluding hydrogens is 283 g/mol. The maximum absolute atomic E-state index is 10.9. The monoisotopic (exact) mass is 290 g/mol. The van der Waals surface area contributed by atoms with Gasteiger partial charge in [-0.3, -0.25) is 4.79 Å². The van der Waals surface area contributed by atoms with Gasteiger partial charge in [-0.1, -0.05) is 34.5 Å². The number of thiazole rings is 1. The molecule has 2 aromatic rings. The number of hydrogen-bond donors (Lipinski definition) is 3. The SMILES string of the molecule is Nc1nc(NCc2csc(=O)[nH]2)c(Cl)cc1Cl. The van der Waals surface area contributed by atoms with Crippen molar-refractivity contribution in [3.8, 4) is 0 Å². The summed E-state index contributed by atoms with van der Waals surface area (Å²) in [6.45, 7) is 0.409. The van der Waals surface area contributed by atoms with Crippen LogP contribution in [0.1, 0.15) is 5.69 Å². The van der Waals surface area contributed by atoms with Crippen molar-refractivity contribution in [1.29, 1.82) is 0 Å². The third-order valence-corrected chi connectivity index (χ3v) is 3.28. The lowest BCUT2D eigenvalue weighted by Gasteiger charge is -2.07. The fraction of sp³-hybridized carbons (Fsp3) is 0.111. The minimum absolute atomic E-state index is 0.100. The molecule has 5 nitrogen and oxygen atoms in total. The zero-order valence-corrected chi connectivity index (χ0v) is 10.8. The van der Waals surface area contributed by atoms with Gasteiger partial charge in [-0.05, 0) is 6.07 Å². The second-order valence-electron chi connectivity index (χ2n) is 3.21. The third kappa shape index (κ3) is 2.91. The van der Waals surface area contributed by atoms with Gasteiger partial charge in [0, 0.05) is 11.1 Å². The second kappa shape index (κ2) is 4.95. The number of halogens is 2. The first-order chi connectivity index (χ1) is 8.06. The molecule has 2 rings (SSSR count). The zero-order chi connectivity index (χ0) is 12.4. The average Bonchev–Trinajstić information content (AvgIpc) is 2.68. The first kappa shape index (κ1) is 12.2. The van der Waals surface area contributed by atoms with Crippen molar-refractivity contribution < 1.29 is 0 Å². The summed E-state index contributed by atoms with van der Waals surface area (Å²) in [5.74, 6) is 0.637. The Balaban J connectivity index is 2.14. The Morgan fingerprint density at radius 3 is 2.88 bits per heavy atom. The topological polar surface area (TPSA) is 83.8 Å². The molecular formula is C9H8Cl2N4OS. The van der Waals surface area contributed by atoms with Crippen molar-refractivity contribution >= 4 is 46.2 Å². The number of H-pyrrole nitrogens is 1. The van der Waals surface area contributed by atoms with Gasteiger partial charge in [0.15, 0.2) is 0 Å². The average molecular weight is 291 g/mol. The van der Waals surface area contributed by atoms with Crippen molar-refractivity contribution in [3.05, 3.63) is 36.9 Å². The number of anilines is 2. The molecule has 0 aromatic carbocycles. The molecule has 0 aliphatic rings. The highest BCUT2D eigenvalue weighted by Crippen LogP contribution is 2.27. The number of aromatic amines is 1. The summed E-state index contributed by atoms with van der Waals surface area (Å²) in [6.07, 6.45) is 0. The molecule has 4 N–H and O–H groups in total. The number of hydrogen-bond acceptors (Lipinski definition) is 5. The first-order valence-electron chi connectivity index (χ1n) is 4.58. The van der Waals surface area contributed by atoms with E-state index < -0.39 is 0 Å². The highest BCUT2D eigenvalue weighted by Gasteiger charge is 2.07. The Hall–Kier alpha value is -1.24. The van der Waals surface area contributed by atoms with Gasteiger partial charge < -0.3 is 16.0 Å². The molecule has 90 valence electrons. The molecule has 17 heavy (non-hydrogen) atoms. The van der Waals surface area contributed by atoms with Crippen molar-refractivity contribution in [2.24, 2.45) is 0 Å². The van der Waals surface area contributed by atoms with Crippen LogP contribution in [0.15, 0.2) is 16.2 Å². The highest BCUT2D eigenvalue weighted by atomic mass is 35.5. The third-order valence-electron chi connectivity index (χ3n) is 1.97. The number of nitrogens with two attached hydrogens (primary N) is 1. The fourth-order valence-corrected chi connectivity index (χ4v) is 2.19. The smallest absolute Gasteiger partial charge is 0.304 e. The number of nitrogens with zero attached hydrogens (tertiary/aromatic N) is 1. The number of nitrogen functional groups attached to an aromatic ring is 1. The molecule has 0 saturated carbocycles. The molecule has 2 heterocycles. The number of aromatic nitrogens is 2. The number of pyridine rings is 1. The Morgan fingerprint density at radius 1 is 1.47 bits per heavy atom. The van der Waals surface area contributed by atoms with Gasteiger partial charge in [0.05, 0.1) is 16.6 Å². The number of nitrogens with one attached hydrogen (secondary N) is 2. The van der Waals surface area contributed by atoms with Crippen molar-refractivity contribution in [3.63, 3.8) is 0 Å². The van der Waals surface area contributed by atoms with E-state index in [4.69, 9.17) is 28.9 Å². The summed E-state index contributed by atoms with van der Waals surface area (Å²) >= 11 is 12.8. The van der Waals surface area contributed by atoms with Crippen LogP contribution in [-0.2, 0) is 6.54 Å². The van der Waals surface area contributed by atoms with Crippen LogP contribution < -0.4 is 15.9 Å². The van der Waals surface area contributed by atoms with E-state index in [-0.39, 0.29) is 10.7 Å². The molecule has 0 aliphatic heterocycles. The summed E-state index contributed by atoms with van der Waals surface area (Å²) in [4.78, 5) is 17.5. The van der Waals surface area contributed by atoms with Gasteiger partial charge in [-0.15, -0.1) is 0 Å². The number of rotatable bonds is 3. The molecule has 8 heteroatoms. The zero-order valence-electron chi connectivity index (χ0n) is 8.46. The lowest BCUT2D eigenvalue weighted by Crippen LogP contribution is -2.06. The van der Waals surface area contributed by atoms with Crippen molar-refractivity contribution in [2.75, 3.05) is 11.1 Å². The summed E-state index contributed by atoms with van der Waals surface area (Å²) in [7, 11) is 0. The highest BCUT2D eigenvalue weighted by molar-refractivity contribution is 7.07. The fourth-order valence-electron chi connectivity index (χ4n) is 1.18. The molecule has 0 fully saturated rings. The molecule has 0 unspecified atom stereocenters.